The van der Waals surface area contributed by atoms with E-state index in [9.17, 15) is 4.79 Å². The molecule has 1 saturated carbocycles. The number of carboxylic acids is 1. The molecule has 0 saturated heterocycles. The van der Waals surface area contributed by atoms with Crippen molar-refractivity contribution < 1.29 is 9.90 Å². The molecule has 0 spiro atoms. The molecule has 0 aromatic carbocycles. The van der Waals surface area contributed by atoms with E-state index >= 15 is 0 Å². The van der Waals surface area contributed by atoms with E-state index in [1.807, 2.05) is 6.92 Å². The minimum atomic E-state index is -0.603. The Labute approximate surface area is 80.3 Å². The lowest BCUT2D eigenvalue weighted by Crippen LogP contribution is -2.33. The summed E-state index contributed by atoms with van der Waals surface area (Å²) in [5.41, 5.74) is -0.432. The molecule has 1 rings (SSSR count). The van der Waals surface area contributed by atoms with Gasteiger partial charge in [0.25, 0.3) is 0 Å². The van der Waals surface area contributed by atoms with Gasteiger partial charge in [-0.3, -0.25) is 4.79 Å². The van der Waals surface area contributed by atoms with Crippen LogP contribution < -0.4 is 0 Å². The van der Waals surface area contributed by atoms with Crippen molar-refractivity contribution >= 4 is 5.97 Å². The lowest BCUT2D eigenvalue weighted by molar-refractivity contribution is -0.150. The zero-order valence-electron chi connectivity index (χ0n) is 8.68. The molecule has 0 bridgehead atoms. The van der Waals surface area contributed by atoms with E-state index in [2.05, 4.69) is 6.92 Å². The fraction of sp³-hybridized carbons (Fsp3) is 0.909. The molecule has 0 aliphatic heterocycles. The van der Waals surface area contributed by atoms with Crippen molar-refractivity contribution in [1.29, 1.82) is 0 Å². The maximum Gasteiger partial charge on any atom is 0.309 e. The van der Waals surface area contributed by atoms with Gasteiger partial charge in [-0.05, 0) is 25.7 Å². The van der Waals surface area contributed by atoms with Crippen molar-refractivity contribution in [2.24, 2.45) is 11.3 Å². The first-order valence-corrected chi connectivity index (χ1v) is 5.32. The first-order valence-electron chi connectivity index (χ1n) is 5.32. The van der Waals surface area contributed by atoms with Crippen LogP contribution in [0.3, 0.4) is 0 Å². The van der Waals surface area contributed by atoms with Crippen molar-refractivity contribution in [2.45, 2.75) is 52.4 Å². The van der Waals surface area contributed by atoms with Crippen molar-refractivity contribution in [3.63, 3.8) is 0 Å². The molecule has 2 atom stereocenters. The van der Waals surface area contributed by atoms with Gasteiger partial charge in [-0.2, -0.15) is 0 Å². The zero-order chi connectivity index (χ0) is 9.90. The lowest BCUT2D eigenvalue weighted by Gasteiger charge is -2.34. The molecule has 0 aromatic rings. The van der Waals surface area contributed by atoms with Gasteiger partial charge < -0.3 is 5.11 Å². The molecule has 0 amide bonds. The topological polar surface area (TPSA) is 37.3 Å². The molecule has 0 radical (unpaired) electrons. The summed E-state index contributed by atoms with van der Waals surface area (Å²) in [6.07, 6.45) is 6.45. The Morgan fingerprint density at radius 3 is 2.85 bits per heavy atom. The van der Waals surface area contributed by atoms with Crippen LogP contribution in [0.5, 0.6) is 0 Å². The predicted octanol–water partition coefficient (Wildman–Crippen LogP) is 3.07. The maximum absolute atomic E-state index is 11.0. The third-order valence-corrected chi connectivity index (χ3v) is 3.29. The van der Waals surface area contributed by atoms with Crippen molar-refractivity contribution in [3.8, 4) is 0 Å². The molecular weight excluding hydrogens is 164 g/mol. The van der Waals surface area contributed by atoms with E-state index in [-0.39, 0.29) is 0 Å². The van der Waals surface area contributed by atoms with Gasteiger partial charge in [-0.15, -0.1) is 0 Å². The largest absolute Gasteiger partial charge is 0.481 e. The third-order valence-electron chi connectivity index (χ3n) is 3.29. The third kappa shape index (κ3) is 2.45. The summed E-state index contributed by atoms with van der Waals surface area (Å²) in [7, 11) is 0. The highest BCUT2D eigenvalue weighted by molar-refractivity contribution is 5.74. The summed E-state index contributed by atoms with van der Waals surface area (Å²) < 4.78 is 0. The average molecular weight is 184 g/mol. The number of carbonyl (C=O) groups is 1. The molecule has 1 fully saturated rings. The Kier molecular flexibility index (Phi) is 3.34. The monoisotopic (exact) mass is 184 g/mol. The highest BCUT2D eigenvalue weighted by atomic mass is 16.4. The summed E-state index contributed by atoms with van der Waals surface area (Å²) in [6, 6.07) is 0. The molecule has 0 aromatic heterocycles. The van der Waals surface area contributed by atoms with E-state index in [1.165, 1.54) is 19.3 Å². The van der Waals surface area contributed by atoms with Crippen LogP contribution >= 0.6 is 0 Å². The van der Waals surface area contributed by atoms with Crippen molar-refractivity contribution in [3.05, 3.63) is 0 Å². The van der Waals surface area contributed by atoms with Crippen LogP contribution in [-0.2, 0) is 4.79 Å². The fourth-order valence-corrected chi connectivity index (χ4v) is 2.47. The molecule has 2 unspecified atom stereocenters. The Bertz CT molecular complexity index is 187. The first kappa shape index (κ1) is 10.6. The van der Waals surface area contributed by atoms with Crippen LogP contribution in [0, 0.1) is 11.3 Å². The minimum Gasteiger partial charge on any atom is -0.481 e. The van der Waals surface area contributed by atoms with Gasteiger partial charge in [0.2, 0.25) is 0 Å². The molecular formula is C11H20O2. The van der Waals surface area contributed by atoms with Gasteiger partial charge in [0, 0.05) is 0 Å². The summed E-state index contributed by atoms with van der Waals surface area (Å²) >= 11 is 0. The highest BCUT2D eigenvalue weighted by Crippen LogP contribution is 2.40. The Morgan fingerprint density at radius 1 is 1.62 bits per heavy atom. The van der Waals surface area contributed by atoms with Gasteiger partial charge in [0.15, 0.2) is 0 Å². The quantitative estimate of drug-likeness (QED) is 0.732. The molecule has 2 heteroatoms. The number of carboxylic acid groups (broad SMARTS) is 1. The Hall–Kier alpha value is -0.530. The standard InChI is InChI=1S/C11H20O2/c1-3-5-9-6-4-7-11(2,8-9)10(12)13/h9H,3-8H2,1-2H3,(H,12,13). The van der Waals surface area contributed by atoms with Crippen LogP contribution in [0.25, 0.3) is 0 Å². The summed E-state index contributed by atoms with van der Waals surface area (Å²) in [5.74, 6) is 0.0492. The summed E-state index contributed by atoms with van der Waals surface area (Å²) in [6.45, 7) is 4.07. The molecule has 0 heterocycles. The van der Waals surface area contributed by atoms with E-state index in [0.717, 1.165) is 19.3 Å². The van der Waals surface area contributed by atoms with E-state index in [4.69, 9.17) is 5.11 Å². The van der Waals surface area contributed by atoms with E-state index in [1.54, 1.807) is 0 Å². The number of rotatable bonds is 3. The van der Waals surface area contributed by atoms with Crippen LogP contribution in [0.2, 0.25) is 0 Å². The average Bonchev–Trinajstić information content (AvgIpc) is 2.04. The normalized spacial score (nSPS) is 34.5. The van der Waals surface area contributed by atoms with Crippen LogP contribution in [0.15, 0.2) is 0 Å². The van der Waals surface area contributed by atoms with Crippen LogP contribution in [-0.4, -0.2) is 11.1 Å². The second-order valence-electron chi connectivity index (χ2n) is 4.62. The summed E-state index contributed by atoms with van der Waals surface area (Å²) in [5, 5.41) is 9.08. The molecule has 1 aliphatic carbocycles. The van der Waals surface area contributed by atoms with Crippen molar-refractivity contribution in [1.82, 2.24) is 0 Å². The molecule has 1 N–H and O–H groups in total. The van der Waals surface area contributed by atoms with E-state index in [0.29, 0.717) is 5.92 Å². The maximum atomic E-state index is 11.0. The highest BCUT2D eigenvalue weighted by Gasteiger charge is 2.37. The SMILES string of the molecule is CCCC1CCCC(C)(C(=O)O)C1. The van der Waals surface area contributed by atoms with Gasteiger partial charge in [0.05, 0.1) is 5.41 Å². The predicted molar refractivity (Wildman–Crippen MR) is 52.6 cm³/mol. The minimum absolute atomic E-state index is 0.432. The second kappa shape index (κ2) is 4.12. The summed E-state index contributed by atoms with van der Waals surface area (Å²) in [4.78, 5) is 11.0. The smallest absolute Gasteiger partial charge is 0.309 e. The fourth-order valence-electron chi connectivity index (χ4n) is 2.47. The van der Waals surface area contributed by atoms with Crippen LogP contribution in [0.1, 0.15) is 52.4 Å². The van der Waals surface area contributed by atoms with E-state index < -0.39 is 11.4 Å². The number of aliphatic carboxylic acids is 1. The van der Waals surface area contributed by atoms with Gasteiger partial charge in [-0.1, -0.05) is 32.6 Å². The number of hydrogen-bond acceptors (Lipinski definition) is 1. The van der Waals surface area contributed by atoms with Gasteiger partial charge in [0.1, 0.15) is 0 Å². The lowest BCUT2D eigenvalue weighted by atomic mass is 9.70. The molecule has 76 valence electrons. The Balaban J connectivity index is 2.54. The van der Waals surface area contributed by atoms with Gasteiger partial charge >= 0.3 is 5.97 Å². The van der Waals surface area contributed by atoms with Crippen LogP contribution in [0.4, 0.5) is 0 Å². The Morgan fingerprint density at radius 2 is 2.31 bits per heavy atom. The van der Waals surface area contributed by atoms with Gasteiger partial charge in [-0.25, -0.2) is 0 Å². The zero-order valence-corrected chi connectivity index (χ0v) is 8.68. The molecule has 1 aliphatic rings. The number of hydrogen-bond donors (Lipinski definition) is 1. The molecule has 2 nitrogen and oxygen atoms in total. The second-order valence-corrected chi connectivity index (χ2v) is 4.62. The first-order chi connectivity index (χ1) is 6.08. The van der Waals surface area contributed by atoms with Crippen molar-refractivity contribution in [2.75, 3.05) is 0 Å². The molecule has 13 heavy (non-hydrogen) atoms.